The van der Waals surface area contributed by atoms with Crippen molar-refractivity contribution in [3.63, 3.8) is 0 Å². The third-order valence-corrected chi connectivity index (χ3v) is 3.48. The Morgan fingerprint density at radius 1 is 1.00 bits per heavy atom. The van der Waals surface area contributed by atoms with Crippen LogP contribution in [0.4, 0.5) is 5.69 Å². The van der Waals surface area contributed by atoms with Gasteiger partial charge in [-0.3, -0.25) is 0 Å². The Balaban J connectivity index is 1.94. The Bertz CT molecular complexity index is 510. The molecular formula is C17H21NO. The van der Waals surface area contributed by atoms with Crippen molar-refractivity contribution in [1.82, 2.24) is 0 Å². The van der Waals surface area contributed by atoms with Crippen LogP contribution in [0.15, 0.2) is 54.6 Å². The molecule has 2 rings (SSSR count). The fourth-order valence-corrected chi connectivity index (χ4v) is 2.24. The largest absolute Gasteiger partial charge is 0.388 e. The van der Waals surface area contributed by atoms with Crippen molar-refractivity contribution in [2.75, 3.05) is 18.5 Å². The molecule has 2 aromatic carbocycles. The van der Waals surface area contributed by atoms with E-state index in [1.54, 1.807) is 0 Å². The molecule has 0 bridgehead atoms. The van der Waals surface area contributed by atoms with E-state index in [9.17, 15) is 5.11 Å². The van der Waals surface area contributed by atoms with Gasteiger partial charge >= 0.3 is 0 Å². The van der Waals surface area contributed by atoms with Crippen molar-refractivity contribution in [1.29, 1.82) is 0 Å². The molecule has 2 aromatic rings. The van der Waals surface area contributed by atoms with E-state index >= 15 is 0 Å². The summed E-state index contributed by atoms with van der Waals surface area (Å²) >= 11 is 0. The molecule has 2 heteroatoms. The van der Waals surface area contributed by atoms with Gasteiger partial charge in [-0.15, -0.1) is 0 Å². The molecule has 0 aliphatic carbocycles. The zero-order chi connectivity index (χ0) is 13.7. The van der Waals surface area contributed by atoms with Crippen LogP contribution in [0.25, 0.3) is 0 Å². The summed E-state index contributed by atoms with van der Waals surface area (Å²) in [6.07, 6.45) is 0.336. The number of aliphatic hydroxyl groups excluding tert-OH is 1. The normalized spacial score (nSPS) is 12.2. The quantitative estimate of drug-likeness (QED) is 0.883. The van der Waals surface area contributed by atoms with E-state index in [0.717, 1.165) is 24.1 Å². The van der Waals surface area contributed by atoms with Gasteiger partial charge in [-0.05, 0) is 36.6 Å². The standard InChI is InChI=1S/C17H21NO/c1-14-8-6-7-11-16(14)17(19)12-13-18(2)15-9-4-3-5-10-15/h3-11,17,19H,12-13H2,1-2H3. The summed E-state index contributed by atoms with van der Waals surface area (Å²) in [6, 6.07) is 18.3. The molecular weight excluding hydrogens is 234 g/mol. The summed E-state index contributed by atoms with van der Waals surface area (Å²) < 4.78 is 0. The lowest BCUT2D eigenvalue weighted by Gasteiger charge is -2.21. The smallest absolute Gasteiger partial charge is 0.0809 e. The van der Waals surface area contributed by atoms with Crippen LogP contribution in [0.3, 0.4) is 0 Å². The minimum absolute atomic E-state index is 0.396. The van der Waals surface area contributed by atoms with Crippen LogP contribution in [-0.4, -0.2) is 18.7 Å². The molecule has 100 valence electrons. The van der Waals surface area contributed by atoms with Gasteiger partial charge in [-0.25, -0.2) is 0 Å². The topological polar surface area (TPSA) is 23.5 Å². The van der Waals surface area contributed by atoms with Gasteiger partial charge in [0.15, 0.2) is 0 Å². The highest BCUT2D eigenvalue weighted by molar-refractivity contribution is 5.44. The minimum atomic E-state index is -0.396. The van der Waals surface area contributed by atoms with E-state index < -0.39 is 6.10 Å². The molecule has 0 saturated carbocycles. The first kappa shape index (κ1) is 13.6. The number of aliphatic hydroxyl groups is 1. The van der Waals surface area contributed by atoms with E-state index in [2.05, 4.69) is 24.1 Å². The van der Waals surface area contributed by atoms with Crippen molar-refractivity contribution in [2.24, 2.45) is 0 Å². The maximum Gasteiger partial charge on any atom is 0.0809 e. The average molecular weight is 255 g/mol. The molecule has 0 aliphatic rings. The van der Waals surface area contributed by atoms with E-state index in [1.165, 1.54) is 5.69 Å². The molecule has 0 aliphatic heterocycles. The predicted octanol–water partition coefficient (Wildman–Crippen LogP) is 3.55. The Labute approximate surface area is 115 Å². The SMILES string of the molecule is Cc1ccccc1C(O)CCN(C)c1ccccc1. The Morgan fingerprint density at radius 3 is 2.32 bits per heavy atom. The molecule has 0 heterocycles. The molecule has 1 N–H and O–H groups in total. The van der Waals surface area contributed by atoms with Gasteiger partial charge in [0.1, 0.15) is 0 Å². The second kappa shape index (κ2) is 6.39. The van der Waals surface area contributed by atoms with E-state index in [1.807, 2.05) is 49.4 Å². The second-order valence-electron chi connectivity index (χ2n) is 4.92. The molecule has 1 unspecified atom stereocenters. The van der Waals surface area contributed by atoms with Crippen molar-refractivity contribution in [3.8, 4) is 0 Å². The minimum Gasteiger partial charge on any atom is -0.388 e. The van der Waals surface area contributed by atoms with Crippen LogP contribution in [-0.2, 0) is 0 Å². The maximum absolute atomic E-state index is 10.3. The predicted molar refractivity (Wildman–Crippen MR) is 80.5 cm³/mol. The zero-order valence-corrected chi connectivity index (χ0v) is 11.6. The Morgan fingerprint density at radius 2 is 1.63 bits per heavy atom. The number of rotatable bonds is 5. The van der Waals surface area contributed by atoms with Gasteiger partial charge in [0.25, 0.3) is 0 Å². The molecule has 0 spiro atoms. The van der Waals surface area contributed by atoms with Crippen LogP contribution in [0.2, 0.25) is 0 Å². The van der Waals surface area contributed by atoms with Crippen LogP contribution >= 0.6 is 0 Å². The Kier molecular flexibility index (Phi) is 4.58. The van der Waals surface area contributed by atoms with Crippen molar-refractivity contribution < 1.29 is 5.11 Å². The van der Waals surface area contributed by atoms with Gasteiger partial charge < -0.3 is 10.0 Å². The van der Waals surface area contributed by atoms with Gasteiger partial charge in [0.2, 0.25) is 0 Å². The van der Waals surface area contributed by atoms with Crippen LogP contribution in [0.1, 0.15) is 23.7 Å². The van der Waals surface area contributed by atoms with Crippen molar-refractivity contribution >= 4 is 5.69 Å². The lowest BCUT2D eigenvalue weighted by Crippen LogP contribution is -2.20. The molecule has 0 saturated heterocycles. The number of hydrogen-bond acceptors (Lipinski definition) is 2. The summed E-state index contributed by atoms with van der Waals surface area (Å²) in [4.78, 5) is 2.17. The lowest BCUT2D eigenvalue weighted by atomic mass is 10.0. The fourth-order valence-electron chi connectivity index (χ4n) is 2.24. The number of aryl methyl sites for hydroxylation is 1. The first-order valence-corrected chi connectivity index (χ1v) is 6.68. The molecule has 0 amide bonds. The van der Waals surface area contributed by atoms with Gasteiger partial charge in [-0.1, -0.05) is 42.5 Å². The third-order valence-electron chi connectivity index (χ3n) is 3.48. The second-order valence-corrected chi connectivity index (χ2v) is 4.92. The average Bonchev–Trinajstić information content (AvgIpc) is 2.46. The highest BCUT2D eigenvalue weighted by atomic mass is 16.3. The van der Waals surface area contributed by atoms with Gasteiger partial charge in [0, 0.05) is 19.3 Å². The number of para-hydroxylation sites is 1. The van der Waals surface area contributed by atoms with Crippen LogP contribution < -0.4 is 4.90 Å². The summed E-state index contributed by atoms with van der Waals surface area (Å²) in [7, 11) is 2.06. The number of benzene rings is 2. The molecule has 2 nitrogen and oxygen atoms in total. The van der Waals surface area contributed by atoms with E-state index in [4.69, 9.17) is 0 Å². The third kappa shape index (κ3) is 3.58. The van der Waals surface area contributed by atoms with Crippen molar-refractivity contribution in [2.45, 2.75) is 19.4 Å². The molecule has 0 radical (unpaired) electrons. The summed E-state index contributed by atoms with van der Waals surface area (Å²) in [5.74, 6) is 0. The van der Waals surface area contributed by atoms with Crippen LogP contribution in [0.5, 0.6) is 0 Å². The highest BCUT2D eigenvalue weighted by Gasteiger charge is 2.11. The fraction of sp³-hybridized carbons (Fsp3) is 0.294. The molecule has 19 heavy (non-hydrogen) atoms. The number of nitrogens with zero attached hydrogens (tertiary/aromatic N) is 1. The molecule has 0 fully saturated rings. The summed E-state index contributed by atoms with van der Waals surface area (Å²) in [5.41, 5.74) is 3.36. The lowest BCUT2D eigenvalue weighted by molar-refractivity contribution is 0.169. The first-order valence-electron chi connectivity index (χ1n) is 6.68. The summed E-state index contributed by atoms with van der Waals surface area (Å²) in [6.45, 7) is 2.87. The van der Waals surface area contributed by atoms with Gasteiger partial charge in [-0.2, -0.15) is 0 Å². The van der Waals surface area contributed by atoms with E-state index in [-0.39, 0.29) is 0 Å². The van der Waals surface area contributed by atoms with E-state index in [0.29, 0.717) is 0 Å². The summed E-state index contributed by atoms with van der Waals surface area (Å²) in [5, 5.41) is 10.3. The zero-order valence-electron chi connectivity index (χ0n) is 11.6. The number of anilines is 1. The first-order chi connectivity index (χ1) is 9.18. The molecule has 0 aromatic heterocycles. The van der Waals surface area contributed by atoms with Crippen LogP contribution in [0, 0.1) is 6.92 Å². The van der Waals surface area contributed by atoms with Gasteiger partial charge in [0.05, 0.1) is 6.10 Å². The van der Waals surface area contributed by atoms with Crippen molar-refractivity contribution in [3.05, 3.63) is 65.7 Å². The maximum atomic E-state index is 10.3. The Hall–Kier alpha value is -1.80. The molecule has 1 atom stereocenters. The monoisotopic (exact) mass is 255 g/mol. The number of hydrogen-bond donors (Lipinski definition) is 1. The highest BCUT2D eigenvalue weighted by Crippen LogP contribution is 2.21.